The lowest BCUT2D eigenvalue weighted by atomic mass is 10.1. The fraction of sp³-hybridized carbons (Fsp3) is 0.455. The molecular weight excluding hydrogens is 352 g/mol. The summed E-state index contributed by atoms with van der Waals surface area (Å²) < 4.78 is 11.3. The number of nitrogens with zero attached hydrogens (tertiary/aromatic N) is 2. The lowest BCUT2D eigenvalue weighted by Gasteiger charge is -2.14. The minimum Gasteiger partial charge on any atom is -0.496 e. The highest BCUT2D eigenvalue weighted by Crippen LogP contribution is 2.22. The van der Waals surface area contributed by atoms with Gasteiger partial charge in [0.2, 0.25) is 5.88 Å². The quantitative estimate of drug-likeness (QED) is 0.541. The van der Waals surface area contributed by atoms with E-state index in [0.717, 1.165) is 49.0 Å². The van der Waals surface area contributed by atoms with E-state index < -0.39 is 0 Å². The van der Waals surface area contributed by atoms with Crippen molar-refractivity contribution in [2.75, 3.05) is 20.7 Å². The van der Waals surface area contributed by atoms with Gasteiger partial charge in [-0.3, -0.25) is 4.99 Å². The van der Waals surface area contributed by atoms with Gasteiger partial charge < -0.3 is 20.1 Å². The summed E-state index contributed by atoms with van der Waals surface area (Å²) in [5.74, 6) is 2.40. The van der Waals surface area contributed by atoms with Crippen molar-refractivity contribution in [1.82, 2.24) is 15.6 Å². The van der Waals surface area contributed by atoms with Crippen LogP contribution in [-0.2, 0) is 13.0 Å². The molecule has 6 heteroatoms. The first kappa shape index (κ1) is 20.0. The van der Waals surface area contributed by atoms with Crippen molar-refractivity contribution in [3.63, 3.8) is 0 Å². The van der Waals surface area contributed by atoms with E-state index >= 15 is 0 Å². The highest BCUT2D eigenvalue weighted by Gasteiger charge is 2.16. The van der Waals surface area contributed by atoms with Gasteiger partial charge in [-0.15, -0.1) is 0 Å². The molecule has 1 fully saturated rings. The summed E-state index contributed by atoms with van der Waals surface area (Å²) in [5.41, 5.74) is 2.27. The van der Waals surface area contributed by atoms with Crippen LogP contribution >= 0.6 is 0 Å². The minimum atomic E-state index is 0.336. The monoisotopic (exact) mass is 382 g/mol. The van der Waals surface area contributed by atoms with Crippen molar-refractivity contribution in [1.29, 1.82) is 0 Å². The van der Waals surface area contributed by atoms with Crippen LogP contribution in [0.2, 0.25) is 0 Å². The third-order valence-corrected chi connectivity index (χ3v) is 4.95. The van der Waals surface area contributed by atoms with Gasteiger partial charge >= 0.3 is 0 Å². The van der Waals surface area contributed by atoms with Gasteiger partial charge in [-0.05, 0) is 49.3 Å². The number of guanidine groups is 1. The van der Waals surface area contributed by atoms with Crippen LogP contribution in [0.3, 0.4) is 0 Å². The maximum Gasteiger partial charge on any atom is 0.213 e. The van der Waals surface area contributed by atoms with Gasteiger partial charge in [0.1, 0.15) is 11.9 Å². The van der Waals surface area contributed by atoms with Crippen LogP contribution in [0.5, 0.6) is 11.6 Å². The molecule has 150 valence electrons. The number of rotatable bonds is 8. The Morgan fingerprint density at radius 3 is 2.68 bits per heavy atom. The highest BCUT2D eigenvalue weighted by molar-refractivity contribution is 5.79. The number of benzene rings is 1. The predicted molar refractivity (Wildman–Crippen MR) is 112 cm³/mol. The fourth-order valence-electron chi connectivity index (χ4n) is 3.39. The Morgan fingerprint density at radius 1 is 1.14 bits per heavy atom. The van der Waals surface area contributed by atoms with Gasteiger partial charge in [0, 0.05) is 32.4 Å². The number of nitrogens with one attached hydrogen (secondary N) is 2. The van der Waals surface area contributed by atoms with E-state index in [0.29, 0.717) is 12.6 Å². The summed E-state index contributed by atoms with van der Waals surface area (Å²) in [6.45, 7) is 1.43. The largest absolute Gasteiger partial charge is 0.496 e. The average molecular weight is 383 g/mol. The van der Waals surface area contributed by atoms with Gasteiger partial charge in [-0.1, -0.05) is 24.3 Å². The summed E-state index contributed by atoms with van der Waals surface area (Å²) in [7, 11) is 3.47. The maximum absolute atomic E-state index is 5.91. The number of hydrogen-bond donors (Lipinski definition) is 2. The van der Waals surface area contributed by atoms with Crippen LogP contribution in [0, 0.1) is 0 Å². The zero-order valence-electron chi connectivity index (χ0n) is 16.8. The molecule has 0 unspecified atom stereocenters. The Labute approximate surface area is 167 Å². The predicted octanol–water partition coefficient (Wildman–Crippen LogP) is 3.32. The number of methoxy groups -OCH3 is 1. The molecule has 0 radical (unpaired) electrons. The summed E-state index contributed by atoms with van der Waals surface area (Å²) in [5, 5.41) is 6.66. The Balaban J connectivity index is 1.42. The number of aromatic nitrogens is 1. The lowest BCUT2D eigenvalue weighted by molar-refractivity contribution is 0.201. The molecule has 0 atom stereocenters. The standard InChI is InChI=1S/C22H30N4O2/c1-23-22(24-14-13-18-7-3-6-10-20(18)27-2)26-16-17-11-12-21(25-15-17)28-19-8-4-5-9-19/h3,6-7,10-12,15,19H,4-5,8-9,13-14,16H2,1-2H3,(H2,23,24,26). The van der Waals surface area contributed by atoms with E-state index in [1.54, 1.807) is 14.2 Å². The van der Waals surface area contributed by atoms with Gasteiger partial charge in [-0.25, -0.2) is 4.98 Å². The van der Waals surface area contributed by atoms with Crippen molar-refractivity contribution in [3.05, 3.63) is 53.7 Å². The van der Waals surface area contributed by atoms with Crippen molar-refractivity contribution in [2.24, 2.45) is 4.99 Å². The molecule has 6 nitrogen and oxygen atoms in total. The molecule has 1 aliphatic carbocycles. The van der Waals surface area contributed by atoms with Gasteiger partial charge in [0.15, 0.2) is 5.96 Å². The smallest absolute Gasteiger partial charge is 0.213 e. The first-order valence-corrected chi connectivity index (χ1v) is 9.96. The van der Waals surface area contributed by atoms with Gasteiger partial charge in [0.05, 0.1) is 7.11 Å². The van der Waals surface area contributed by atoms with Crippen LogP contribution in [0.4, 0.5) is 0 Å². The molecule has 0 aliphatic heterocycles. The van der Waals surface area contributed by atoms with Crippen molar-refractivity contribution in [3.8, 4) is 11.6 Å². The fourth-order valence-corrected chi connectivity index (χ4v) is 3.39. The molecular formula is C22H30N4O2. The topological polar surface area (TPSA) is 67.8 Å². The molecule has 0 spiro atoms. The van der Waals surface area contributed by atoms with Crippen molar-refractivity contribution < 1.29 is 9.47 Å². The molecule has 2 N–H and O–H groups in total. The SMILES string of the molecule is CN=C(NCCc1ccccc1OC)NCc1ccc(OC2CCCC2)nc1. The number of ether oxygens (including phenoxy) is 2. The van der Waals surface area contributed by atoms with Crippen molar-refractivity contribution in [2.45, 2.75) is 44.8 Å². The molecule has 0 saturated heterocycles. The molecule has 0 amide bonds. The van der Waals surface area contributed by atoms with Crippen molar-refractivity contribution >= 4 is 5.96 Å². The van der Waals surface area contributed by atoms with Crippen LogP contribution < -0.4 is 20.1 Å². The third kappa shape index (κ3) is 5.87. The third-order valence-electron chi connectivity index (χ3n) is 4.95. The Bertz CT molecular complexity index is 755. The first-order chi connectivity index (χ1) is 13.8. The average Bonchev–Trinajstić information content (AvgIpc) is 3.25. The number of aliphatic imine (C=N–C) groups is 1. The van der Waals surface area contributed by atoms with Crippen LogP contribution in [0.15, 0.2) is 47.6 Å². The Kier molecular flexibility index (Phi) is 7.53. The van der Waals surface area contributed by atoms with E-state index in [2.05, 4.69) is 26.7 Å². The number of pyridine rings is 1. The molecule has 0 bridgehead atoms. The van der Waals surface area contributed by atoms with E-state index in [9.17, 15) is 0 Å². The van der Waals surface area contributed by atoms with Gasteiger partial charge in [0.25, 0.3) is 0 Å². The van der Waals surface area contributed by atoms with E-state index in [1.807, 2.05) is 36.5 Å². The second-order valence-corrected chi connectivity index (χ2v) is 6.94. The summed E-state index contributed by atoms with van der Waals surface area (Å²) in [6, 6.07) is 12.1. The Hall–Kier alpha value is -2.76. The van der Waals surface area contributed by atoms with E-state index in [-0.39, 0.29) is 0 Å². The second kappa shape index (κ2) is 10.5. The zero-order chi connectivity index (χ0) is 19.6. The second-order valence-electron chi connectivity index (χ2n) is 6.94. The van der Waals surface area contributed by atoms with E-state index in [4.69, 9.17) is 9.47 Å². The highest BCUT2D eigenvalue weighted by atomic mass is 16.5. The summed E-state index contributed by atoms with van der Waals surface area (Å²) >= 11 is 0. The molecule has 1 aromatic heterocycles. The normalized spacial score (nSPS) is 14.7. The maximum atomic E-state index is 5.91. The Morgan fingerprint density at radius 2 is 1.96 bits per heavy atom. The lowest BCUT2D eigenvalue weighted by Crippen LogP contribution is -2.37. The molecule has 1 aliphatic rings. The number of hydrogen-bond acceptors (Lipinski definition) is 4. The van der Waals surface area contributed by atoms with Crippen LogP contribution in [0.1, 0.15) is 36.8 Å². The first-order valence-electron chi connectivity index (χ1n) is 9.96. The van der Waals surface area contributed by atoms with E-state index in [1.165, 1.54) is 18.4 Å². The van der Waals surface area contributed by atoms with Gasteiger partial charge in [-0.2, -0.15) is 0 Å². The molecule has 1 heterocycles. The molecule has 2 aromatic rings. The summed E-state index contributed by atoms with van der Waals surface area (Å²) in [6.07, 6.45) is 7.86. The molecule has 1 saturated carbocycles. The molecule has 1 aromatic carbocycles. The molecule has 28 heavy (non-hydrogen) atoms. The zero-order valence-corrected chi connectivity index (χ0v) is 16.8. The minimum absolute atomic E-state index is 0.336. The van der Waals surface area contributed by atoms with Crippen LogP contribution in [0.25, 0.3) is 0 Å². The molecule has 3 rings (SSSR count). The number of para-hydroxylation sites is 1. The summed E-state index contributed by atoms with van der Waals surface area (Å²) in [4.78, 5) is 8.71. The van der Waals surface area contributed by atoms with Crippen LogP contribution in [-0.4, -0.2) is 37.7 Å².